The molecule has 0 aliphatic rings. The SMILES string of the molecule is CC(C)(C)OC(=O)Nc1ccc(-c2nc(-c3ccc(CC(NC(=O)Nc4ccc(-c5cccc(Cl)c5)cn4)C(=O)O)cc3F)no2)cc1. The van der Waals surface area contributed by atoms with Crippen LogP contribution in [0.2, 0.25) is 5.02 Å². The number of aliphatic carboxylic acids is 1. The number of carbonyl (C=O) groups is 3. The number of nitrogens with zero attached hydrogens (tertiary/aromatic N) is 3. The number of anilines is 2. The third-order valence-electron chi connectivity index (χ3n) is 6.68. The molecule has 2 heterocycles. The quantitative estimate of drug-likeness (QED) is 0.124. The Bertz CT molecular complexity index is 1940. The van der Waals surface area contributed by atoms with Crippen molar-refractivity contribution in [3.63, 3.8) is 0 Å². The van der Waals surface area contributed by atoms with Gasteiger partial charge in [-0.2, -0.15) is 4.98 Å². The summed E-state index contributed by atoms with van der Waals surface area (Å²) in [5.74, 6) is -1.73. The number of carbonyl (C=O) groups excluding carboxylic acids is 2. The lowest BCUT2D eigenvalue weighted by atomic mass is 10.0. The normalized spacial score (nSPS) is 11.8. The maximum absolute atomic E-state index is 15.2. The van der Waals surface area contributed by atoms with Gasteiger partial charge in [0.2, 0.25) is 5.82 Å². The molecule has 5 rings (SSSR count). The second-order valence-corrected chi connectivity index (χ2v) is 12.0. The molecular formula is C34H30ClFN6O6. The third kappa shape index (κ3) is 8.91. The molecule has 0 fully saturated rings. The molecule has 246 valence electrons. The van der Waals surface area contributed by atoms with Gasteiger partial charge in [0.15, 0.2) is 0 Å². The summed E-state index contributed by atoms with van der Waals surface area (Å²) in [5.41, 5.74) is 2.33. The van der Waals surface area contributed by atoms with Crippen LogP contribution in [-0.2, 0) is 16.0 Å². The number of hydrogen-bond donors (Lipinski definition) is 4. The molecule has 0 spiro atoms. The third-order valence-corrected chi connectivity index (χ3v) is 6.92. The van der Waals surface area contributed by atoms with E-state index in [9.17, 15) is 19.5 Å². The van der Waals surface area contributed by atoms with Crippen LogP contribution in [0.3, 0.4) is 0 Å². The second kappa shape index (κ2) is 14.3. The minimum absolute atomic E-state index is 0.0221. The van der Waals surface area contributed by atoms with Crippen molar-refractivity contribution < 1.29 is 33.1 Å². The van der Waals surface area contributed by atoms with Crippen LogP contribution < -0.4 is 16.0 Å². The van der Waals surface area contributed by atoms with Crippen LogP contribution in [0, 0.1) is 5.82 Å². The summed E-state index contributed by atoms with van der Waals surface area (Å²) < 4.78 is 25.7. The molecule has 3 aromatic carbocycles. The van der Waals surface area contributed by atoms with Crippen LogP contribution in [0.1, 0.15) is 26.3 Å². The van der Waals surface area contributed by atoms with E-state index < -0.39 is 35.6 Å². The van der Waals surface area contributed by atoms with E-state index in [1.165, 1.54) is 12.1 Å². The average molecular weight is 673 g/mol. The Morgan fingerprint density at radius 3 is 2.35 bits per heavy atom. The Morgan fingerprint density at radius 2 is 1.71 bits per heavy atom. The summed E-state index contributed by atoms with van der Waals surface area (Å²) in [4.78, 5) is 45.0. The zero-order valence-electron chi connectivity index (χ0n) is 26.0. The van der Waals surface area contributed by atoms with Crippen LogP contribution >= 0.6 is 11.6 Å². The molecule has 14 heteroatoms. The van der Waals surface area contributed by atoms with Crippen molar-refractivity contribution in [2.24, 2.45) is 0 Å². The van der Waals surface area contributed by atoms with Crippen molar-refractivity contribution in [2.45, 2.75) is 38.8 Å². The number of carboxylic acid groups (broad SMARTS) is 1. The van der Waals surface area contributed by atoms with Crippen molar-refractivity contribution >= 4 is 41.2 Å². The Balaban J connectivity index is 1.19. The molecule has 0 saturated heterocycles. The number of urea groups is 1. The van der Waals surface area contributed by atoms with Gasteiger partial charge in [0, 0.05) is 34.5 Å². The molecule has 1 unspecified atom stereocenters. The number of hydrogen-bond acceptors (Lipinski definition) is 8. The summed E-state index contributed by atoms with van der Waals surface area (Å²) in [7, 11) is 0. The Hall–Kier alpha value is -5.82. The molecule has 0 saturated carbocycles. The van der Waals surface area contributed by atoms with Gasteiger partial charge in [0.25, 0.3) is 5.89 Å². The predicted molar refractivity (Wildman–Crippen MR) is 177 cm³/mol. The number of aromatic nitrogens is 3. The van der Waals surface area contributed by atoms with Crippen molar-refractivity contribution in [2.75, 3.05) is 10.6 Å². The predicted octanol–water partition coefficient (Wildman–Crippen LogP) is 7.42. The van der Waals surface area contributed by atoms with E-state index in [0.29, 0.717) is 21.8 Å². The van der Waals surface area contributed by atoms with Crippen LogP contribution in [0.4, 0.5) is 25.5 Å². The lowest BCUT2D eigenvalue weighted by molar-refractivity contribution is -0.139. The molecule has 5 aromatic rings. The highest BCUT2D eigenvalue weighted by molar-refractivity contribution is 6.30. The van der Waals surface area contributed by atoms with Gasteiger partial charge in [-0.1, -0.05) is 35.0 Å². The van der Waals surface area contributed by atoms with Crippen LogP contribution in [0.15, 0.2) is 89.6 Å². The van der Waals surface area contributed by atoms with Gasteiger partial charge in [0.05, 0.1) is 5.56 Å². The van der Waals surface area contributed by atoms with E-state index in [1.54, 1.807) is 81.6 Å². The van der Waals surface area contributed by atoms with Gasteiger partial charge in [-0.3, -0.25) is 10.6 Å². The van der Waals surface area contributed by atoms with Gasteiger partial charge in [-0.15, -0.1) is 0 Å². The number of ether oxygens (including phenoxy) is 1. The lowest BCUT2D eigenvalue weighted by Crippen LogP contribution is -2.44. The Morgan fingerprint density at radius 1 is 0.958 bits per heavy atom. The number of pyridine rings is 1. The molecule has 2 aromatic heterocycles. The van der Waals surface area contributed by atoms with Crippen LogP contribution in [-0.4, -0.2) is 50.0 Å². The number of nitrogens with one attached hydrogen (secondary N) is 3. The Labute approximate surface area is 279 Å². The highest BCUT2D eigenvalue weighted by atomic mass is 35.5. The number of benzene rings is 3. The number of amides is 3. The number of carboxylic acids is 1. The van der Waals surface area contributed by atoms with E-state index in [2.05, 4.69) is 31.1 Å². The first-order valence-electron chi connectivity index (χ1n) is 14.6. The number of rotatable bonds is 9. The minimum Gasteiger partial charge on any atom is -0.480 e. The highest BCUT2D eigenvalue weighted by Crippen LogP contribution is 2.27. The molecule has 0 aliphatic carbocycles. The van der Waals surface area contributed by atoms with E-state index >= 15 is 4.39 Å². The first-order chi connectivity index (χ1) is 22.8. The minimum atomic E-state index is -1.37. The summed E-state index contributed by atoms with van der Waals surface area (Å²) in [6.45, 7) is 5.27. The molecule has 48 heavy (non-hydrogen) atoms. The van der Waals surface area contributed by atoms with E-state index in [-0.39, 0.29) is 29.5 Å². The molecule has 3 amide bonds. The van der Waals surface area contributed by atoms with Crippen molar-refractivity contribution in [1.29, 1.82) is 0 Å². The smallest absolute Gasteiger partial charge is 0.412 e. The zero-order chi connectivity index (χ0) is 34.4. The average Bonchev–Trinajstić information content (AvgIpc) is 3.50. The zero-order valence-corrected chi connectivity index (χ0v) is 26.7. The van der Waals surface area contributed by atoms with Gasteiger partial charge in [0.1, 0.15) is 23.3 Å². The summed E-state index contributed by atoms with van der Waals surface area (Å²) >= 11 is 6.04. The van der Waals surface area contributed by atoms with E-state index in [1.807, 2.05) is 6.07 Å². The topological polar surface area (TPSA) is 169 Å². The number of halogens is 2. The van der Waals surface area contributed by atoms with E-state index in [0.717, 1.165) is 17.2 Å². The van der Waals surface area contributed by atoms with Gasteiger partial charge in [-0.25, -0.2) is 23.8 Å². The van der Waals surface area contributed by atoms with Gasteiger partial charge >= 0.3 is 18.1 Å². The fourth-order valence-electron chi connectivity index (χ4n) is 4.49. The summed E-state index contributed by atoms with van der Waals surface area (Å²) in [5, 5.41) is 21.7. The largest absolute Gasteiger partial charge is 0.480 e. The maximum Gasteiger partial charge on any atom is 0.412 e. The van der Waals surface area contributed by atoms with E-state index in [4.69, 9.17) is 20.9 Å². The fraction of sp³-hybridized carbons (Fsp3) is 0.176. The molecule has 0 radical (unpaired) electrons. The fourth-order valence-corrected chi connectivity index (χ4v) is 4.68. The first-order valence-corrected chi connectivity index (χ1v) is 15.0. The molecule has 0 aliphatic heterocycles. The van der Waals surface area contributed by atoms with Crippen molar-refractivity contribution in [1.82, 2.24) is 20.4 Å². The monoisotopic (exact) mass is 672 g/mol. The van der Waals surface area contributed by atoms with Crippen LogP contribution in [0.5, 0.6) is 0 Å². The second-order valence-electron chi connectivity index (χ2n) is 11.6. The molecule has 0 bridgehead atoms. The first kappa shape index (κ1) is 33.5. The lowest BCUT2D eigenvalue weighted by Gasteiger charge is -2.19. The highest BCUT2D eigenvalue weighted by Gasteiger charge is 2.23. The molecule has 4 N–H and O–H groups in total. The van der Waals surface area contributed by atoms with Gasteiger partial charge < -0.3 is 19.7 Å². The molecule has 1 atom stereocenters. The van der Waals surface area contributed by atoms with Crippen molar-refractivity contribution in [3.8, 4) is 34.0 Å². The summed E-state index contributed by atoms with van der Waals surface area (Å²) in [6, 6.07) is 18.9. The Kier molecular flexibility index (Phi) is 9.99. The standard InChI is InChI=1S/C34H30ClFN6O6/c1-34(2,3)47-33(46)38-24-11-8-20(9-12-24)30-41-29(42-48-30)25-13-7-19(15-26(25)36)16-27(31(43)44)39-32(45)40-28-14-10-22(18-37-28)21-5-4-6-23(35)17-21/h4-15,17-18,27H,16H2,1-3H3,(H,38,46)(H,43,44)(H2,37,39,40,45). The van der Waals surface area contributed by atoms with Crippen LogP contribution in [0.25, 0.3) is 34.0 Å². The summed E-state index contributed by atoms with van der Waals surface area (Å²) in [6.07, 6.45) is 0.745. The molecular weight excluding hydrogens is 643 g/mol. The van der Waals surface area contributed by atoms with Crippen molar-refractivity contribution in [3.05, 3.63) is 101 Å². The van der Waals surface area contributed by atoms with Gasteiger partial charge in [-0.05, 0) is 92.6 Å². The molecule has 12 nitrogen and oxygen atoms in total. The maximum atomic E-state index is 15.2.